The number of ether oxygens (including phenoxy) is 2. The Hall–Kier alpha value is -2.57. The molecule has 2 rings (SSSR count). The van der Waals surface area contributed by atoms with Gasteiger partial charge in [0.25, 0.3) is 11.7 Å². The van der Waals surface area contributed by atoms with Gasteiger partial charge in [-0.3, -0.25) is 9.59 Å². The van der Waals surface area contributed by atoms with E-state index in [9.17, 15) is 14.4 Å². The smallest absolute Gasteiger partial charge is 0.337 e. The molecule has 7 nitrogen and oxygen atoms in total. The minimum atomic E-state index is -1.28. The number of hydrogen-bond acceptors (Lipinski definition) is 5. The van der Waals surface area contributed by atoms with E-state index in [1.54, 1.807) is 0 Å². The lowest BCUT2D eigenvalue weighted by molar-refractivity contribution is -0.112. The number of fused-ring (bicyclic) bond motifs is 1. The van der Waals surface area contributed by atoms with Crippen molar-refractivity contribution < 1.29 is 29.0 Å². The average molecular weight is 251 g/mol. The second-order valence-electron chi connectivity index (χ2n) is 3.50. The van der Waals surface area contributed by atoms with Crippen LogP contribution in [0, 0.1) is 0 Å². The number of carbonyl (C=O) groups excluding carboxylic acids is 2. The maximum atomic E-state index is 11.7. The SMILES string of the molecule is COc1cc(C(=O)O)c2c(c1OC)C(=O)C(=O)N2. The molecule has 1 aliphatic heterocycles. The number of nitrogens with one attached hydrogen (secondary N) is 1. The lowest BCUT2D eigenvalue weighted by atomic mass is 10.0. The van der Waals surface area contributed by atoms with Gasteiger partial charge in [0.05, 0.1) is 31.0 Å². The van der Waals surface area contributed by atoms with Crippen LogP contribution in [0.5, 0.6) is 11.5 Å². The van der Waals surface area contributed by atoms with Crippen LogP contribution in [-0.4, -0.2) is 37.0 Å². The molecule has 0 aliphatic carbocycles. The van der Waals surface area contributed by atoms with E-state index in [1.807, 2.05) is 0 Å². The van der Waals surface area contributed by atoms with Crippen molar-refractivity contribution in [1.82, 2.24) is 0 Å². The second kappa shape index (κ2) is 4.02. The predicted molar refractivity (Wildman–Crippen MR) is 59.5 cm³/mol. The first kappa shape index (κ1) is 11.9. The van der Waals surface area contributed by atoms with E-state index in [0.29, 0.717) is 0 Å². The van der Waals surface area contributed by atoms with Gasteiger partial charge >= 0.3 is 5.97 Å². The molecule has 1 amide bonds. The number of rotatable bonds is 3. The van der Waals surface area contributed by atoms with Gasteiger partial charge in [-0.1, -0.05) is 0 Å². The zero-order chi connectivity index (χ0) is 13.4. The number of Topliss-reactive ketones (excluding diaryl/α,β-unsaturated/α-hetero) is 1. The quantitative estimate of drug-likeness (QED) is 0.760. The first-order chi connectivity index (χ1) is 8.51. The minimum absolute atomic E-state index is 0.0425. The number of carbonyl (C=O) groups is 3. The molecule has 1 aromatic carbocycles. The molecular formula is C11H9NO6. The molecule has 0 spiro atoms. The first-order valence-electron chi connectivity index (χ1n) is 4.89. The Bertz CT molecular complexity index is 577. The van der Waals surface area contributed by atoms with Crippen molar-refractivity contribution >= 4 is 23.3 Å². The average Bonchev–Trinajstić information content (AvgIpc) is 2.63. The summed E-state index contributed by atoms with van der Waals surface area (Å²) in [7, 11) is 2.61. The van der Waals surface area contributed by atoms with Gasteiger partial charge < -0.3 is 19.9 Å². The summed E-state index contributed by atoms with van der Waals surface area (Å²) < 4.78 is 9.96. The largest absolute Gasteiger partial charge is 0.493 e. The molecule has 2 N–H and O–H groups in total. The number of carboxylic acids is 1. The summed E-state index contributed by atoms with van der Waals surface area (Å²) in [6.07, 6.45) is 0. The standard InChI is InChI=1S/C11H9NO6/c1-17-5-3-4(11(15)16)7-6(9(5)18-2)8(13)10(14)12-7/h3H,1-2H3,(H,15,16)(H,12,13,14). The normalized spacial score (nSPS) is 13.0. The molecule has 0 unspecified atom stereocenters. The van der Waals surface area contributed by atoms with Crippen molar-refractivity contribution in [1.29, 1.82) is 0 Å². The monoisotopic (exact) mass is 251 g/mol. The number of aromatic carboxylic acids is 1. The lowest BCUT2D eigenvalue weighted by Crippen LogP contribution is -2.13. The third-order valence-electron chi connectivity index (χ3n) is 2.57. The van der Waals surface area contributed by atoms with Gasteiger partial charge in [0.2, 0.25) is 0 Å². The summed E-state index contributed by atoms with van der Waals surface area (Å²) in [6, 6.07) is 1.19. The minimum Gasteiger partial charge on any atom is -0.493 e. The first-order valence-corrected chi connectivity index (χ1v) is 4.89. The Balaban J connectivity index is 2.82. The van der Waals surface area contributed by atoms with Crippen molar-refractivity contribution in [2.45, 2.75) is 0 Å². The molecule has 0 aromatic heterocycles. The van der Waals surface area contributed by atoms with Gasteiger partial charge in [-0.15, -0.1) is 0 Å². The Morgan fingerprint density at radius 1 is 1.28 bits per heavy atom. The highest BCUT2D eigenvalue weighted by Crippen LogP contribution is 2.41. The summed E-state index contributed by atoms with van der Waals surface area (Å²) in [6.45, 7) is 0. The van der Waals surface area contributed by atoms with Crippen LogP contribution in [0.15, 0.2) is 6.07 Å². The maximum Gasteiger partial charge on any atom is 0.337 e. The van der Waals surface area contributed by atoms with E-state index in [0.717, 1.165) is 0 Å². The van der Waals surface area contributed by atoms with E-state index >= 15 is 0 Å². The summed E-state index contributed by atoms with van der Waals surface area (Å²) in [5, 5.41) is 11.3. The summed E-state index contributed by atoms with van der Waals surface area (Å²) in [5.41, 5.74) is -0.392. The highest BCUT2D eigenvalue weighted by Gasteiger charge is 2.37. The van der Waals surface area contributed by atoms with E-state index in [4.69, 9.17) is 14.6 Å². The van der Waals surface area contributed by atoms with Crippen LogP contribution in [0.4, 0.5) is 5.69 Å². The van der Waals surface area contributed by atoms with Crippen LogP contribution in [0.25, 0.3) is 0 Å². The Morgan fingerprint density at radius 3 is 2.44 bits per heavy atom. The Morgan fingerprint density at radius 2 is 1.94 bits per heavy atom. The molecule has 0 fully saturated rings. The van der Waals surface area contributed by atoms with Crippen LogP contribution in [0.1, 0.15) is 20.7 Å². The predicted octanol–water partition coefficient (Wildman–Crippen LogP) is 0.537. The molecular weight excluding hydrogens is 242 g/mol. The highest BCUT2D eigenvalue weighted by atomic mass is 16.5. The van der Waals surface area contributed by atoms with Gasteiger partial charge in [-0.25, -0.2) is 4.79 Å². The fraction of sp³-hybridized carbons (Fsp3) is 0.182. The fourth-order valence-corrected chi connectivity index (χ4v) is 1.79. The highest BCUT2D eigenvalue weighted by molar-refractivity contribution is 6.53. The van der Waals surface area contributed by atoms with Crippen LogP contribution in [-0.2, 0) is 4.79 Å². The van der Waals surface area contributed by atoms with E-state index in [1.165, 1.54) is 20.3 Å². The topological polar surface area (TPSA) is 102 Å². The van der Waals surface area contributed by atoms with Crippen molar-refractivity contribution in [2.75, 3.05) is 19.5 Å². The number of benzene rings is 1. The van der Waals surface area contributed by atoms with Gasteiger partial charge in [0.15, 0.2) is 11.5 Å². The third kappa shape index (κ3) is 1.48. The molecule has 1 heterocycles. The van der Waals surface area contributed by atoms with Crippen molar-refractivity contribution in [3.8, 4) is 11.5 Å². The number of carboxylic acid groups (broad SMARTS) is 1. The fourth-order valence-electron chi connectivity index (χ4n) is 1.79. The molecule has 7 heteroatoms. The zero-order valence-electron chi connectivity index (χ0n) is 9.57. The van der Waals surface area contributed by atoms with Gasteiger partial charge in [-0.2, -0.15) is 0 Å². The molecule has 94 valence electrons. The third-order valence-corrected chi connectivity index (χ3v) is 2.57. The van der Waals surface area contributed by atoms with Gasteiger partial charge in [-0.05, 0) is 0 Å². The van der Waals surface area contributed by atoms with Crippen LogP contribution in [0.2, 0.25) is 0 Å². The van der Waals surface area contributed by atoms with Gasteiger partial charge in [0, 0.05) is 6.07 Å². The summed E-state index contributed by atoms with van der Waals surface area (Å²) in [5.74, 6) is -2.89. The number of ketones is 1. The number of anilines is 1. The molecule has 0 radical (unpaired) electrons. The zero-order valence-corrected chi connectivity index (χ0v) is 9.57. The summed E-state index contributed by atoms with van der Waals surface area (Å²) in [4.78, 5) is 34.1. The molecule has 0 bridgehead atoms. The maximum absolute atomic E-state index is 11.7. The molecule has 1 aliphatic rings. The number of amides is 1. The Kier molecular flexibility index (Phi) is 2.66. The van der Waals surface area contributed by atoms with E-state index < -0.39 is 17.7 Å². The van der Waals surface area contributed by atoms with Crippen LogP contribution >= 0.6 is 0 Å². The van der Waals surface area contributed by atoms with Crippen LogP contribution < -0.4 is 14.8 Å². The van der Waals surface area contributed by atoms with E-state index in [2.05, 4.69) is 5.32 Å². The number of hydrogen-bond donors (Lipinski definition) is 2. The van der Waals surface area contributed by atoms with Crippen molar-refractivity contribution in [2.24, 2.45) is 0 Å². The summed E-state index contributed by atoms with van der Waals surface area (Å²) >= 11 is 0. The molecule has 0 atom stereocenters. The molecule has 0 saturated carbocycles. The van der Waals surface area contributed by atoms with Crippen molar-refractivity contribution in [3.05, 3.63) is 17.2 Å². The Labute approximate surface area is 101 Å². The lowest BCUT2D eigenvalue weighted by Gasteiger charge is -2.12. The van der Waals surface area contributed by atoms with Gasteiger partial charge in [0.1, 0.15) is 0 Å². The van der Waals surface area contributed by atoms with Crippen molar-refractivity contribution in [3.63, 3.8) is 0 Å². The molecule has 18 heavy (non-hydrogen) atoms. The molecule has 0 saturated heterocycles. The van der Waals surface area contributed by atoms with E-state index in [-0.39, 0.29) is 28.3 Å². The van der Waals surface area contributed by atoms with Crippen LogP contribution in [0.3, 0.4) is 0 Å². The number of methoxy groups -OCH3 is 2. The second-order valence-corrected chi connectivity index (χ2v) is 3.50. The molecule has 1 aromatic rings.